The average Bonchev–Trinajstić information content (AvgIpc) is 2.66. The van der Waals surface area contributed by atoms with Gasteiger partial charge in [-0.3, -0.25) is 9.59 Å². The number of carbonyl (C=O) groups is 2. The molecule has 0 aliphatic heterocycles. The Bertz CT molecular complexity index is 659. The van der Waals surface area contributed by atoms with Crippen molar-refractivity contribution in [1.82, 2.24) is 10.6 Å². The minimum absolute atomic E-state index is 0.123. The monoisotopic (exact) mass is 340 g/mol. The molecule has 0 saturated carbocycles. The first kappa shape index (κ1) is 18.7. The van der Waals surface area contributed by atoms with Gasteiger partial charge in [0.1, 0.15) is 13.2 Å². The Morgan fingerprint density at radius 1 is 0.960 bits per heavy atom. The summed E-state index contributed by atoms with van der Waals surface area (Å²) in [5.41, 5.74) is 2.14. The molecule has 0 aliphatic rings. The van der Waals surface area contributed by atoms with Gasteiger partial charge < -0.3 is 15.4 Å². The van der Waals surface area contributed by atoms with E-state index in [2.05, 4.69) is 29.7 Å². The lowest BCUT2D eigenvalue weighted by atomic mass is 10.0. The van der Waals surface area contributed by atoms with E-state index in [4.69, 9.17) is 4.74 Å². The van der Waals surface area contributed by atoms with Crippen molar-refractivity contribution in [2.45, 2.75) is 19.4 Å². The fourth-order valence-corrected chi connectivity index (χ4v) is 2.32. The first-order valence-corrected chi connectivity index (χ1v) is 8.37. The molecular weight excluding hydrogens is 316 g/mol. The summed E-state index contributed by atoms with van der Waals surface area (Å²) < 4.78 is 5.10. The molecule has 25 heavy (non-hydrogen) atoms. The van der Waals surface area contributed by atoms with Crippen LogP contribution in [0.5, 0.6) is 0 Å². The lowest BCUT2D eigenvalue weighted by Crippen LogP contribution is -2.38. The van der Waals surface area contributed by atoms with Crippen LogP contribution in [0.4, 0.5) is 0 Å². The Morgan fingerprint density at radius 3 is 2.28 bits per heavy atom. The van der Waals surface area contributed by atoms with Gasteiger partial charge in [-0.05, 0) is 17.0 Å². The molecule has 2 rings (SSSR count). The number of hydrogen-bond acceptors (Lipinski definition) is 4. The molecule has 2 aromatic rings. The van der Waals surface area contributed by atoms with E-state index in [1.165, 1.54) is 5.56 Å². The highest BCUT2D eigenvalue weighted by molar-refractivity contribution is 5.83. The molecular formula is C20H24N2O3. The number of esters is 1. The highest BCUT2D eigenvalue weighted by Crippen LogP contribution is 2.12. The first-order valence-electron chi connectivity index (χ1n) is 8.37. The highest BCUT2D eigenvalue weighted by Gasteiger charge is 2.08. The molecule has 0 aliphatic carbocycles. The topological polar surface area (TPSA) is 67.4 Å². The lowest BCUT2D eigenvalue weighted by Gasteiger charge is -2.13. The van der Waals surface area contributed by atoms with Crippen molar-refractivity contribution in [3.05, 3.63) is 71.8 Å². The molecule has 0 radical (unpaired) electrons. The van der Waals surface area contributed by atoms with Crippen LogP contribution in [-0.2, 0) is 20.9 Å². The van der Waals surface area contributed by atoms with Crippen LogP contribution in [0.15, 0.2) is 60.7 Å². The maximum atomic E-state index is 11.8. The van der Waals surface area contributed by atoms with Gasteiger partial charge in [0.2, 0.25) is 5.91 Å². The molecule has 0 bridgehead atoms. The van der Waals surface area contributed by atoms with Crippen molar-refractivity contribution in [3.63, 3.8) is 0 Å². The first-order chi connectivity index (χ1) is 12.1. The predicted octanol–water partition coefficient (Wildman–Crippen LogP) is 2.24. The van der Waals surface area contributed by atoms with Crippen molar-refractivity contribution < 1.29 is 14.3 Å². The summed E-state index contributed by atoms with van der Waals surface area (Å²) in [5.74, 6) is -0.364. The number of benzene rings is 2. The zero-order chi connectivity index (χ0) is 17.9. The molecule has 2 N–H and O–H groups in total. The van der Waals surface area contributed by atoms with E-state index < -0.39 is 5.97 Å². The van der Waals surface area contributed by atoms with E-state index in [0.29, 0.717) is 12.5 Å². The zero-order valence-electron chi connectivity index (χ0n) is 14.4. The fraction of sp³-hybridized carbons (Fsp3) is 0.300. The van der Waals surface area contributed by atoms with E-state index in [-0.39, 0.29) is 25.6 Å². The van der Waals surface area contributed by atoms with Crippen LogP contribution in [0.2, 0.25) is 0 Å². The number of ether oxygens (including phenoxy) is 1. The molecule has 2 aromatic carbocycles. The van der Waals surface area contributed by atoms with Crippen LogP contribution in [0.3, 0.4) is 0 Å². The van der Waals surface area contributed by atoms with Crippen LogP contribution >= 0.6 is 0 Å². The number of nitrogens with one attached hydrogen (secondary N) is 2. The smallest absolute Gasteiger partial charge is 0.325 e. The van der Waals surface area contributed by atoms with Crippen LogP contribution in [0.1, 0.15) is 24.0 Å². The van der Waals surface area contributed by atoms with E-state index in [1.54, 1.807) is 0 Å². The largest absolute Gasteiger partial charge is 0.460 e. The van der Waals surface area contributed by atoms with Gasteiger partial charge in [0, 0.05) is 6.54 Å². The van der Waals surface area contributed by atoms with Crippen molar-refractivity contribution in [3.8, 4) is 0 Å². The van der Waals surface area contributed by atoms with Crippen molar-refractivity contribution in [2.24, 2.45) is 0 Å². The highest BCUT2D eigenvalue weighted by atomic mass is 16.5. The van der Waals surface area contributed by atoms with Crippen LogP contribution in [-0.4, -0.2) is 31.5 Å². The van der Waals surface area contributed by atoms with Crippen molar-refractivity contribution in [1.29, 1.82) is 0 Å². The van der Waals surface area contributed by atoms with Gasteiger partial charge in [0.15, 0.2) is 0 Å². The molecule has 1 amide bonds. The third-order valence-electron chi connectivity index (χ3n) is 3.78. The molecule has 5 heteroatoms. The van der Waals surface area contributed by atoms with Gasteiger partial charge in [-0.1, -0.05) is 67.6 Å². The van der Waals surface area contributed by atoms with Crippen molar-refractivity contribution >= 4 is 11.9 Å². The Balaban J connectivity index is 1.58. The minimum Gasteiger partial charge on any atom is -0.460 e. The van der Waals surface area contributed by atoms with E-state index in [1.807, 2.05) is 48.5 Å². The predicted molar refractivity (Wildman–Crippen MR) is 97.0 cm³/mol. The summed E-state index contributed by atoms with van der Waals surface area (Å²) in [4.78, 5) is 23.4. The molecule has 132 valence electrons. The Labute approximate surface area is 148 Å². The van der Waals surface area contributed by atoms with Gasteiger partial charge in [-0.2, -0.15) is 0 Å². The maximum absolute atomic E-state index is 11.8. The van der Waals surface area contributed by atoms with E-state index >= 15 is 0 Å². The standard InChI is InChI=1S/C20H24N2O3/c1-16(18-10-6-3-7-11-18)12-21-13-19(23)22-14-20(24)25-15-17-8-4-2-5-9-17/h2-11,16,21H,12-15H2,1H3,(H,22,23). The van der Waals surface area contributed by atoms with E-state index in [9.17, 15) is 9.59 Å². The Morgan fingerprint density at radius 2 is 1.60 bits per heavy atom. The molecule has 1 unspecified atom stereocenters. The number of amides is 1. The number of carbonyl (C=O) groups excluding carboxylic acids is 2. The lowest BCUT2D eigenvalue weighted by molar-refractivity contribution is -0.145. The van der Waals surface area contributed by atoms with Crippen LogP contribution < -0.4 is 10.6 Å². The van der Waals surface area contributed by atoms with Gasteiger partial charge in [-0.25, -0.2) is 0 Å². The second kappa shape index (κ2) is 10.3. The molecule has 1 atom stereocenters. The molecule has 0 spiro atoms. The van der Waals surface area contributed by atoms with Gasteiger partial charge in [0.05, 0.1) is 6.54 Å². The molecule has 0 fully saturated rings. The Hall–Kier alpha value is -2.66. The van der Waals surface area contributed by atoms with Crippen LogP contribution in [0.25, 0.3) is 0 Å². The van der Waals surface area contributed by atoms with Crippen molar-refractivity contribution in [2.75, 3.05) is 19.6 Å². The zero-order valence-corrected chi connectivity index (χ0v) is 14.4. The summed E-state index contributed by atoms with van der Waals surface area (Å²) >= 11 is 0. The molecule has 0 saturated heterocycles. The average molecular weight is 340 g/mol. The minimum atomic E-state index is -0.449. The van der Waals surface area contributed by atoms with Gasteiger partial charge in [0.25, 0.3) is 0 Å². The summed E-state index contributed by atoms with van der Waals surface area (Å²) in [6, 6.07) is 19.5. The third kappa shape index (κ3) is 7.18. The molecule has 5 nitrogen and oxygen atoms in total. The number of hydrogen-bond donors (Lipinski definition) is 2. The van der Waals surface area contributed by atoms with Crippen LogP contribution in [0, 0.1) is 0 Å². The summed E-state index contributed by atoms with van der Waals surface area (Å²) in [6.07, 6.45) is 0. The summed E-state index contributed by atoms with van der Waals surface area (Å²) in [6.45, 7) is 3.05. The van der Waals surface area contributed by atoms with E-state index in [0.717, 1.165) is 5.56 Å². The quantitative estimate of drug-likeness (QED) is 0.687. The SMILES string of the molecule is CC(CNCC(=O)NCC(=O)OCc1ccccc1)c1ccccc1. The molecule has 0 heterocycles. The van der Waals surface area contributed by atoms with Gasteiger partial charge >= 0.3 is 5.97 Å². The molecule has 0 aromatic heterocycles. The summed E-state index contributed by atoms with van der Waals surface area (Å²) in [5, 5.41) is 5.66. The fourth-order valence-electron chi connectivity index (χ4n) is 2.32. The normalized spacial score (nSPS) is 11.6. The maximum Gasteiger partial charge on any atom is 0.325 e. The van der Waals surface area contributed by atoms with Gasteiger partial charge in [-0.15, -0.1) is 0 Å². The third-order valence-corrected chi connectivity index (χ3v) is 3.78. The summed E-state index contributed by atoms with van der Waals surface area (Å²) in [7, 11) is 0. The second-order valence-electron chi connectivity index (χ2n) is 5.87. The number of rotatable bonds is 9. The Kier molecular flexibility index (Phi) is 7.66. The second-order valence-corrected chi connectivity index (χ2v) is 5.87.